The maximum atomic E-state index is 6.32. The molecule has 0 aliphatic carbocycles. The lowest BCUT2D eigenvalue weighted by Gasteiger charge is -2.27. The second-order valence-electron chi connectivity index (χ2n) is 6.94. The Morgan fingerprint density at radius 2 is 1.90 bits per heavy atom. The van der Waals surface area contributed by atoms with Gasteiger partial charge < -0.3 is 9.47 Å². The van der Waals surface area contributed by atoms with Crippen molar-refractivity contribution in [2.24, 2.45) is 0 Å². The summed E-state index contributed by atoms with van der Waals surface area (Å²) in [5.41, 5.74) is 2.62. The van der Waals surface area contributed by atoms with Gasteiger partial charge in [-0.3, -0.25) is 9.55 Å². The molecule has 1 aliphatic heterocycles. The van der Waals surface area contributed by atoms with Crippen LogP contribution in [0.2, 0.25) is 15.2 Å². The monoisotopic (exact) mass is 451 g/mol. The minimum Gasteiger partial charge on any atom is -0.471 e. The molecule has 3 aromatic heterocycles. The van der Waals surface area contributed by atoms with E-state index in [1.54, 1.807) is 24.7 Å². The number of hydrogen-bond donors (Lipinski definition) is 0. The summed E-state index contributed by atoms with van der Waals surface area (Å²) in [6.45, 7) is 2.65. The van der Waals surface area contributed by atoms with Crippen molar-refractivity contribution in [3.8, 4) is 17.0 Å². The van der Waals surface area contributed by atoms with Gasteiger partial charge in [-0.1, -0.05) is 34.8 Å². The molecule has 4 heterocycles. The molecule has 8 heteroatoms. The molecule has 0 amide bonds. The molecule has 0 spiro atoms. The lowest BCUT2D eigenvalue weighted by molar-refractivity contribution is -0.0372. The highest BCUT2D eigenvalue weighted by atomic mass is 35.5. The Morgan fingerprint density at radius 3 is 2.55 bits per heavy atom. The Labute approximate surface area is 184 Å². The van der Waals surface area contributed by atoms with Gasteiger partial charge in [0.2, 0.25) is 0 Å². The van der Waals surface area contributed by atoms with Crippen molar-refractivity contribution in [1.82, 2.24) is 14.5 Å². The number of ether oxygens (including phenoxy) is 2. The number of pyridine rings is 2. The minimum atomic E-state index is -0.369. The molecule has 4 rings (SSSR count). The van der Waals surface area contributed by atoms with Crippen molar-refractivity contribution in [2.45, 2.75) is 38.5 Å². The molecule has 5 nitrogen and oxygen atoms in total. The molecule has 2 atom stereocenters. The molecule has 0 N–H and O–H groups in total. The Bertz CT molecular complexity index is 965. The molecule has 0 aromatic carbocycles. The van der Waals surface area contributed by atoms with Crippen molar-refractivity contribution in [3.63, 3.8) is 0 Å². The van der Waals surface area contributed by atoms with Gasteiger partial charge in [0.25, 0.3) is 0 Å². The van der Waals surface area contributed by atoms with Gasteiger partial charge in [0.05, 0.1) is 10.0 Å². The highest BCUT2D eigenvalue weighted by molar-refractivity contribution is 6.35. The average Bonchev–Trinajstić information content (AvgIpc) is 3.13. The van der Waals surface area contributed by atoms with E-state index in [0.29, 0.717) is 26.6 Å². The predicted octanol–water partition coefficient (Wildman–Crippen LogP) is 6.74. The van der Waals surface area contributed by atoms with Gasteiger partial charge in [-0.25, -0.2) is 4.98 Å². The van der Waals surface area contributed by atoms with E-state index in [0.717, 1.165) is 37.0 Å². The van der Waals surface area contributed by atoms with Crippen LogP contribution in [0, 0.1) is 0 Å². The van der Waals surface area contributed by atoms with Crippen LogP contribution in [0.25, 0.3) is 11.1 Å². The SMILES string of the molecule is C[C@@H](Oc1cc(-c2ccc(Cl)nc2)cn1C1CCCCO1)c1c(Cl)cncc1Cl. The summed E-state index contributed by atoms with van der Waals surface area (Å²) >= 11 is 18.6. The average molecular weight is 453 g/mol. The summed E-state index contributed by atoms with van der Waals surface area (Å²) in [7, 11) is 0. The second kappa shape index (κ2) is 8.92. The second-order valence-corrected chi connectivity index (χ2v) is 8.14. The van der Waals surface area contributed by atoms with Crippen LogP contribution in [0.4, 0.5) is 0 Å². The van der Waals surface area contributed by atoms with Crippen molar-refractivity contribution in [2.75, 3.05) is 6.61 Å². The zero-order chi connectivity index (χ0) is 20.4. The van der Waals surface area contributed by atoms with E-state index < -0.39 is 0 Å². The van der Waals surface area contributed by atoms with Gasteiger partial charge in [-0.2, -0.15) is 0 Å². The first-order valence-corrected chi connectivity index (χ1v) is 10.6. The first-order chi connectivity index (χ1) is 14.0. The largest absolute Gasteiger partial charge is 0.471 e. The van der Waals surface area contributed by atoms with Crippen LogP contribution < -0.4 is 4.74 Å². The molecule has 0 radical (unpaired) electrons. The third kappa shape index (κ3) is 4.53. The maximum Gasteiger partial charge on any atom is 0.196 e. The summed E-state index contributed by atoms with van der Waals surface area (Å²) in [5, 5.41) is 1.40. The third-order valence-electron chi connectivity index (χ3n) is 4.93. The number of aromatic nitrogens is 3. The quantitative estimate of drug-likeness (QED) is 0.402. The topological polar surface area (TPSA) is 49.2 Å². The number of halogens is 3. The summed E-state index contributed by atoms with van der Waals surface area (Å²) in [6.07, 6.45) is 9.56. The fraction of sp³-hybridized carbons (Fsp3) is 0.333. The summed E-state index contributed by atoms with van der Waals surface area (Å²) in [5.74, 6) is 0.679. The summed E-state index contributed by atoms with van der Waals surface area (Å²) < 4.78 is 14.3. The van der Waals surface area contributed by atoms with Crippen LogP contribution in [0.15, 0.2) is 43.0 Å². The molecule has 1 aliphatic rings. The smallest absolute Gasteiger partial charge is 0.196 e. The molecular formula is C21H20Cl3N3O2. The molecule has 0 saturated carbocycles. The first kappa shape index (κ1) is 20.5. The molecule has 29 heavy (non-hydrogen) atoms. The van der Waals surface area contributed by atoms with E-state index in [9.17, 15) is 0 Å². The van der Waals surface area contributed by atoms with Gasteiger partial charge in [0, 0.05) is 54.2 Å². The van der Waals surface area contributed by atoms with Crippen molar-refractivity contribution in [1.29, 1.82) is 0 Å². The van der Waals surface area contributed by atoms with Crippen molar-refractivity contribution in [3.05, 3.63) is 63.7 Å². The van der Waals surface area contributed by atoms with Gasteiger partial charge in [-0.15, -0.1) is 0 Å². The number of hydrogen-bond acceptors (Lipinski definition) is 4. The van der Waals surface area contributed by atoms with Gasteiger partial charge in [0.15, 0.2) is 5.88 Å². The van der Waals surface area contributed by atoms with Crippen LogP contribution >= 0.6 is 34.8 Å². The Kier molecular flexibility index (Phi) is 6.30. The van der Waals surface area contributed by atoms with Crippen LogP contribution in [-0.4, -0.2) is 21.1 Å². The molecule has 1 fully saturated rings. The van der Waals surface area contributed by atoms with E-state index in [4.69, 9.17) is 44.3 Å². The van der Waals surface area contributed by atoms with E-state index in [-0.39, 0.29) is 12.3 Å². The Hall–Kier alpha value is -1.79. The fourth-order valence-electron chi connectivity index (χ4n) is 3.48. The highest BCUT2D eigenvalue weighted by Gasteiger charge is 2.23. The maximum absolute atomic E-state index is 6.32. The Morgan fingerprint density at radius 1 is 1.10 bits per heavy atom. The Balaban J connectivity index is 1.69. The lowest BCUT2D eigenvalue weighted by atomic mass is 10.1. The van der Waals surface area contributed by atoms with Crippen molar-refractivity contribution < 1.29 is 9.47 Å². The zero-order valence-electron chi connectivity index (χ0n) is 15.8. The standard InChI is InChI=1S/C21H20Cl3N3O2/c1-13(21-16(22)10-25-11-17(21)23)29-20-8-15(14-5-6-18(24)26-9-14)12-27(20)19-4-2-3-7-28-19/h5-6,8-13,19H,2-4,7H2,1H3/t13-,19?/m1/s1. The minimum absolute atomic E-state index is 0.0802. The molecule has 0 bridgehead atoms. The van der Waals surface area contributed by atoms with Gasteiger partial charge in [0.1, 0.15) is 17.5 Å². The molecule has 152 valence electrons. The first-order valence-electron chi connectivity index (χ1n) is 9.44. The van der Waals surface area contributed by atoms with Crippen LogP contribution in [-0.2, 0) is 4.74 Å². The summed E-state index contributed by atoms with van der Waals surface area (Å²) in [4.78, 5) is 8.19. The zero-order valence-corrected chi connectivity index (χ0v) is 18.1. The van der Waals surface area contributed by atoms with Gasteiger partial charge >= 0.3 is 0 Å². The number of nitrogens with zero attached hydrogens (tertiary/aromatic N) is 3. The van der Waals surface area contributed by atoms with Crippen molar-refractivity contribution >= 4 is 34.8 Å². The molecular weight excluding hydrogens is 433 g/mol. The van der Waals surface area contributed by atoms with Crippen LogP contribution in [0.1, 0.15) is 44.1 Å². The predicted molar refractivity (Wildman–Crippen MR) is 115 cm³/mol. The van der Waals surface area contributed by atoms with E-state index in [2.05, 4.69) is 9.97 Å². The van der Waals surface area contributed by atoms with Crippen LogP contribution in [0.5, 0.6) is 5.88 Å². The van der Waals surface area contributed by atoms with E-state index in [1.807, 2.05) is 29.8 Å². The fourth-order valence-corrected chi connectivity index (χ4v) is 4.26. The van der Waals surface area contributed by atoms with E-state index >= 15 is 0 Å². The molecule has 3 aromatic rings. The van der Waals surface area contributed by atoms with Crippen LogP contribution in [0.3, 0.4) is 0 Å². The molecule has 1 unspecified atom stereocenters. The highest BCUT2D eigenvalue weighted by Crippen LogP contribution is 2.37. The lowest BCUT2D eigenvalue weighted by Crippen LogP contribution is -2.19. The third-order valence-corrected chi connectivity index (χ3v) is 5.76. The van der Waals surface area contributed by atoms with E-state index in [1.165, 1.54) is 0 Å². The van der Waals surface area contributed by atoms with Gasteiger partial charge in [-0.05, 0) is 38.3 Å². The normalized spacial score (nSPS) is 17.9. The summed E-state index contributed by atoms with van der Waals surface area (Å²) in [6, 6.07) is 5.67. The number of rotatable bonds is 5. The molecule has 1 saturated heterocycles.